The molecule has 0 aromatic carbocycles. The Kier molecular flexibility index (Phi) is 5.50. The zero-order valence-electron chi connectivity index (χ0n) is 8.65. The van der Waals surface area contributed by atoms with Crippen molar-refractivity contribution < 1.29 is 8.42 Å². The van der Waals surface area contributed by atoms with E-state index in [2.05, 4.69) is 16.9 Å². The molecule has 14 heavy (non-hydrogen) atoms. The van der Waals surface area contributed by atoms with Crippen LogP contribution in [0.15, 0.2) is 0 Å². The molecule has 0 bridgehead atoms. The maximum absolute atomic E-state index is 11.3. The van der Waals surface area contributed by atoms with Gasteiger partial charge < -0.3 is 10.6 Å². The third-order valence-electron chi connectivity index (χ3n) is 1.81. The summed E-state index contributed by atoms with van der Waals surface area (Å²) in [5.74, 6) is -0.289. The van der Waals surface area contributed by atoms with Crippen LogP contribution >= 0.6 is 12.2 Å². The van der Waals surface area contributed by atoms with Crippen LogP contribution in [-0.4, -0.2) is 50.7 Å². The first-order valence-electron chi connectivity index (χ1n) is 4.16. The number of likely N-dealkylation sites (N-methyl/N-ethyl adjacent to an activating group) is 1. The number of hydrogen-bond donors (Lipinski definition) is 2. The van der Waals surface area contributed by atoms with Gasteiger partial charge in [-0.3, -0.25) is 0 Å². The highest BCUT2D eigenvalue weighted by Crippen LogP contribution is 1.91. The quantitative estimate of drug-likeness (QED) is 0.590. The zero-order chi connectivity index (χ0) is 11.4. The van der Waals surface area contributed by atoms with Crippen molar-refractivity contribution in [1.29, 1.82) is 0 Å². The minimum atomic E-state index is -3.35. The van der Waals surface area contributed by atoms with E-state index in [1.807, 2.05) is 25.9 Å². The summed E-state index contributed by atoms with van der Waals surface area (Å²) in [7, 11) is 0.411. The van der Waals surface area contributed by atoms with E-state index in [1.165, 1.54) is 0 Å². The minimum absolute atomic E-state index is 0.0185. The second kappa shape index (κ2) is 5.59. The molecule has 0 aromatic heterocycles. The van der Waals surface area contributed by atoms with Gasteiger partial charge in [-0.05, 0) is 21.0 Å². The molecule has 1 atom stereocenters. The van der Waals surface area contributed by atoms with Crippen LogP contribution in [0.5, 0.6) is 0 Å². The van der Waals surface area contributed by atoms with Gasteiger partial charge in [0.2, 0.25) is 10.0 Å². The Morgan fingerprint density at radius 1 is 1.57 bits per heavy atom. The molecule has 0 aliphatic rings. The summed E-state index contributed by atoms with van der Waals surface area (Å²) in [6.45, 7) is 2.28. The Morgan fingerprint density at radius 2 is 2.07 bits per heavy atom. The van der Waals surface area contributed by atoms with Crippen LogP contribution < -0.4 is 10.5 Å². The highest BCUT2D eigenvalue weighted by Gasteiger charge is 2.13. The van der Waals surface area contributed by atoms with Gasteiger partial charge in [0, 0.05) is 12.6 Å². The molecule has 0 spiro atoms. The van der Waals surface area contributed by atoms with Gasteiger partial charge in [-0.1, -0.05) is 12.2 Å². The van der Waals surface area contributed by atoms with E-state index in [0.29, 0.717) is 6.54 Å². The lowest BCUT2D eigenvalue weighted by molar-refractivity contribution is 0.314. The molecule has 0 amide bonds. The predicted octanol–water partition coefficient (Wildman–Crippen LogP) is -0.858. The van der Waals surface area contributed by atoms with Gasteiger partial charge in [-0.2, -0.15) is 0 Å². The normalized spacial score (nSPS) is 14.3. The van der Waals surface area contributed by atoms with Crippen LogP contribution in [-0.2, 0) is 10.0 Å². The summed E-state index contributed by atoms with van der Waals surface area (Å²) in [6, 6.07) is 0.135. The number of nitrogens with two attached hydrogens (primary N) is 1. The van der Waals surface area contributed by atoms with Gasteiger partial charge in [-0.25, -0.2) is 13.1 Å². The van der Waals surface area contributed by atoms with Crippen LogP contribution in [0.2, 0.25) is 0 Å². The van der Waals surface area contributed by atoms with Crippen molar-refractivity contribution in [3.8, 4) is 0 Å². The second-order valence-electron chi connectivity index (χ2n) is 3.39. The number of sulfonamides is 1. The van der Waals surface area contributed by atoms with E-state index in [9.17, 15) is 8.42 Å². The third kappa shape index (κ3) is 6.25. The summed E-state index contributed by atoms with van der Waals surface area (Å²) < 4.78 is 25.0. The van der Waals surface area contributed by atoms with Crippen LogP contribution in [0.25, 0.3) is 0 Å². The molecule has 0 aromatic rings. The largest absolute Gasteiger partial charge is 0.392 e. The second-order valence-corrected chi connectivity index (χ2v) is 5.72. The highest BCUT2D eigenvalue weighted by atomic mass is 32.2. The van der Waals surface area contributed by atoms with E-state index in [-0.39, 0.29) is 16.8 Å². The van der Waals surface area contributed by atoms with Gasteiger partial charge in [0.1, 0.15) is 5.75 Å². The Labute approximate surface area is 90.7 Å². The van der Waals surface area contributed by atoms with Crippen molar-refractivity contribution in [3.05, 3.63) is 0 Å². The van der Waals surface area contributed by atoms with E-state index in [1.54, 1.807) is 0 Å². The van der Waals surface area contributed by atoms with Crippen molar-refractivity contribution in [1.82, 2.24) is 9.62 Å². The molecule has 1 unspecified atom stereocenters. The van der Waals surface area contributed by atoms with Gasteiger partial charge >= 0.3 is 0 Å². The Balaban J connectivity index is 4.06. The summed E-state index contributed by atoms with van der Waals surface area (Å²) in [4.78, 5) is 1.90. The molecule has 0 heterocycles. The smallest absolute Gasteiger partial charge is 0.218 e. The van der Waals surface area contributed by atoms with E-state index >= 15 is 0 Å². The fourth-order valence-electron chi connectivity index (χ4n) is 0.668. The average molecular weight is 239 g/mol. The van der Waals surface area contributed by atoms with Gasteiger partial charge in [0.25, 0.3) is 0 Å². The molecular formula is C7H17N3O2S2. The van der Waals surface area contributed by atoms with Crippen LogP contribution in [0.1, 0.15) is 6.92 Å². The molecule has 0 aliphatic heterocycles. The molecule has 0 rings (SSSR count). The lowest BCUT2D eigenvalue weighted by Crippen LogP contribution is -2.40. The first-order chi connectivity index (χ1) is 6.24. The summed E-state index contributed by atoms with van der Waals surface area (Å²) in [6.07, 6.45) is 0. The van der Waals surface area contributed by atoms with E-state index < -0.39 is 10.0 Å². The predicted molar refractivity (Wildman–Crippen MR) is 61.7 cm³/mol. The number of hydrogen-bond acceptors (Lipinski definition) is 4. The van der Waals surface area contributed by atoms with Crippen LogP contribution in [0.3, 0.4) is 0 Å². The van der Waals surface area contributed by atoms with Crippen molar-refractivity contribution in [2.75, 3.05) is 26.4 Å². The number of nitrogens with one attached hydrogen (secondary N) is 1. The maximum Gasteiger partial charge on any atom is 0.218 e. The molecule has 0 saturated heterocycles. The topological polar surface area (TPSA) is 75.4 Å². The monoisotopic (exact) mass is 239 g/mol. The molecule has 5 nitrogen and oxygen atoms in total. The average Bonchev–Trinajstić information content (AvgIpc) is 1.97. The van der Waals surface area contributed by atoms with Crippen LogP contribution in [0.4, 0.5) is 0 Å². The lowest BCUT2D eigenvalue weighted by Gasteiger charge is -2.19. The van der Waals surface area contributed by atoms with Gasteiger partial charge in [0.15, 0.2) is 0 Å². The van der Waals surface area contributed by atoms with E-state index in [0.717, 1.165) is 0 Å². The number of nitrogens with zero attached hydrogens (tertiary/aromatic N) is 1. The fraction of sp³-hybridized carbons (Fsp3) is 0.857. The Hall–Kier alpha value is -0.240. The summed E-state index contributed by atoms with van der Waals surface area (Å²) in [5.41, 5.74) is 5.15. The first kappa shape index (κ1) is 13.8. The molecule has 0 aliphatic carbocycles. The van der Waals surface area contributed by atoms with E-state index in [4.69, 9.17) is 5.73 Å². The Morgan fingerprint density at radius 3 is 2.43 bits per heavy atom. The maximum atomic E-state index is 11.3. The standard InChI is InChI=1S/C7H17N3O2S2/c1-6(10(2)3)4-9-14(11,12)5-7(8)13/h6,9H,4-5H2,1-3H3,(H2,8,13). The van der Waals surface area contributed by atoms with Crippen molar-refractivity contribution in [3.63, 3.8) is 0 Å². The molecule has 0 radical (unpaired) electrons. The molecule has 84 valence electrons. The molecular weight excluding hydrogens is 222 g/mol. The zero-order valence-corrected chi connectivity index (χ0v) is 10.3. The van der Waals surface area contributed by atoms with Crippen LogP contribution in [0, 0.1) is 0 Å². The molecule has 0 saturated carbocycles. The highest BCUT2D eigenvalue weighted by molar-refractivity contribution is 7.92. The first-order valence-corrected chi connectivity index (χ1v) is 6.22. The molecule has 3 N–H and O–H groups in total. The molecule has 0 fully saturated rings. The third-order valence-corrected chi connectivity index (χ3v) is 3.44. The minimum Gasteiger partial charge on any atom is -0.392 e. The van der Waals surface area contributed by atoms with Crippen molar-refractivity contribution in [2.45, 2.75) is 13.0 Å². The molecule has 7 heteroatoms. The summed E-state index contributed by atoms with van der Waals surface area (Å²) >= 11 is 4.52. The van der Waals surface area contributed by atoms with Crippen molar-refractivity contribution >= 4 is 27.2 Å². The Bertz CT molecular complexity index is 287. The number of thiocarbonyl (C=S) groups is 1. The fourth-order valence-corrected chi connectivity index (χ4v) is 2.11. The van der Waals surface area contributed by atoms with Gasteiger partial charge in [-0.15, -0.1) is 0 Å². The van der Waals surface area contributed by atoms with Gasteiger partial charge in [0.05, 0.1) is 4.99 Å². The number of rotatable bonds is 6. The summed E-state index contributed by atoms with van der Waals surface area (Å²) in [5, 5.41) is 0. The lowest BCUT2D eigenvalue weighted by atomic mass is 10.3. The van der Waals surface area contributed by atoms with Crippen molar-refractivity contribution in [2.24, 2.45) is 5.73 Å². The SMILES string of the molecule is CC(CNS(=O)(=O)CC(N)=S)N(C)C.